The lowest BCUT2D eigenvalue weighted by Crippen LogP contribution is -2.45. The quantitative estimate of drug-likeness (QED) is 0.665. The van der Waals surface area contributed by atoms with Crippen LogP contribution in [0.5, 0.6) is 17.2 Å². The minimum Gasteiger partial charge on any atom is -0.496 e. The van der Waals surface area contributed by atoms with E-state index in [9.17, 15) is 9.59 Å². The summed E-state index contributed by atoms with van der Waals surface area (Å²) in [6, 6.07) is 7.06. The molecule has 0 radical (unpaired) electrons. The third-order valence-electron chi connectivity index (χ3n) is 6.42. The molecule has 0 atom stereocenters. The van der Waals surface area contributed by atoms with Gasteiger partial charge >= 0.3 is 0 Å². The van der Waals surface area contributed by atoms with Gasteiger partial charge < -0.3 is 28.4 Å². The largest absolute Gasteiger partial charge is 0.496 e. The van der Waals surface area contributed by atoms with Gasteiger partial charge in [0.15, 0.2) is 5.76 Å². The number of amides is 2. The molecule has 1 fully saturated rings. The molecule has 1 aromatic heterocycles. The SMILES string of the molecule is COc1cc(OC)c(C2=CCN(C(=O)C3CCN(C(=O)c4ccco4)CC3)CC2)c(OC)c1. The van der Waals surface area contributed by atoms with Crippen LogP contribution in [0.15, 0.2) is 41.0 Å². The highest BCUT2D eigenvalue weighted by Crippen LogP contribution is 2.41. The van der Waals surface area contributed by atoms with E-state index in [4.69, 9.17) is 18.6 Å². The van der Waals surface area contributed by atoms with Crippen LogP contribution in [0, 0.1) is 5.92 Å². The molecular weight excluding hydrogens is 424 g/mol. The number of methoxy groups -OCH3 is 3. The van der Waals surface area contributed by atoms with Gasteiger partial charge in [-0.1, -0.05) is 6.08 Å². The zero-order valence-electron chi connectivity index (χ0n) is 19.3. The molecule has 0 saturated carbocycles. The van der Waals surface area contributed by atoms with E-state index in [1.165, 1.54) is 6.26 Å². The molecular formula is C25H30N2O6. The Morgan fingerprint density at radius 2 is 1.67 bits per heavy atom. The van der Waals surface area contributed by atoms with Gasteiger partial charge in [-0.25, -0.2) is 0 Å². The van der Waals surface area contributed by atoms with E-state index in [0.29, 0.717) is 68.5 Å². The van der Waals surface area contributed by atoms with Crippen molar-refractivity contribution in [3.63, 3.8) is 0 Å². The van der Waals surface area contributed by atoms with E-state index in [2.05, 4.69) is 6.08 Å². The molecule has 1 aromatic carbocycles. The Morgan fingerprint density at radius 1 is 0.970 bits per heavy atom. The number of hydrogen-bond donors (Lipinski definition) is 0. The molecule has 2 aliphatic rings. The Labute approximate surface area is 193 Å². The Kier molecular flexibility index (Phi) is 6.91. The summed E-state index contributed by atoms with van der Waals surface area (Å²) in [5, 5.41) is 0. The summed E-state index contributed by atoms with van der Waals surface area (Å²) < 4.78 is 21.7. The fourth-order valence-electron chi connectivity index (χ4n) is 4.56. The number of carbonyl (C=O) groups excluding carboxylic acids is 2. The molecule has 33 heavy (non-hydrogen) atoms. The number of piperidine rings is 1. The molecule has 1 saturated heterocycles. The normalized spacial score (nSPS) is 16.9. The van der Waals surface area contributed by atoms with Gasteiger partial charge in [0.2, 0.25) is 5.91 Å². The Morgan fingerprint density at radius 3 is 2.18 bits per heavy atom. The van der Waals surface area contributed by atoms with Gasteiger partial charge in [-0.05, 0) is 37.0 Å². The van der Waals surface area contributed by atoms with Gasteiger partial charge in [-0.3, -0.25) is 9.59 Å². The predicted molar refractivity (Wildman–Crippen MR) is 123 cm³/mol. The fourth-order valence-corrected chi connectivity index (χ4v) is 4.56. The van der Waals surface area contributed by atoms with Crippen molar-refractivity contribution < 1.29 is 28.2 Å². The Balaban J connectivity index is 1.39. The van der Waals surface area contributed by atoms with Crippen LogP contribution in [0.25, 0.3) is 5.57 Å². The number of furan rings is 1. The standard InChI is InChI=1S/C25H30N2O6/c1-30-19-15-21(31-2)23(22(16-19)32-3)17-6-10-26(11-7-17)24(28)18-8-12-27(13-9-18)25(29)20-5-4-14-33-20/h4-6,14-16,18H,7-13H2,1-3H3. The third-order valence-corrected chi connectivity index (χ3v) is 6.42. The number of hydrogen-bond acceptors (Lipinski definition) is 6. The first kappa shape index (κ1) is 22.8. The average molecular weight is 455 g/mol. The summed E-state index contributed by atoms with van der Waals surface area (Å²) in [5.41, 5.74) is 1.99. The van der Waals surface area contributed by atoms with Crippen LogP contribution in [0.1, 0.15) is 35.4 Å². The number of nitrogens with zero attached hydrogens (tertiary/aromatic N) is 2. The summed E-state index contributed by atoms with van der Waals surface area (Å²) >= 11 is 0. The predicted octanol–water partition coefficient (Wildman–Crippen LogP) is 3.47. The van der Waals surface area contributed by atoms with Crippen LogP contribution >= 0.6 is 0 Å². The van der Waals surface area contributed by atoms with Crippen molar-refractivity contribution in [2.45, 2.75) is 19.3 Å². The highest BCUT2D eigenvalue weighted by molar-refractivity contribution is 5.91. The van der Waals surface area contributed by atoms with Crippen LogP contribution in [-0.4, -0.2) is 69.1 Å². The molecule has 3 heterocycles. The van der Waals surface area contributed by atoms with Gasteiger partial charge in [0.25, 0.3) is 5.91 Å². The molecule has 4 rings (SSSR count). The molecule has 0 aliphatic carbocycles. The maximum absolute atomic E-state index is 13.1. The molecule has 176 valence electrons. The van der Waals surface area contributed by atoms with Crippen LogP contribution < -0.4 is 14.2 Å². The van der Waals surface area contributed by atoms with E-state index in [1.54, 1.807) is 38.4 Å². The molecule has 2 aromatic rings. The monoisotopic (exact) mass is 454 g/mol. The van der Waals surface area contributed by atoms with Gasteiger partial charge in [-0.15, -0.1) is 0 Å². The van der Waals surface area contributed by atoms with Crippen LogP contribution in [0.2, 0.25) is 0 Å². The van der Waals surface area contributed by atoms with Crippen LogP contribution in [0.4, 0.5) is 0 Å². The van der Waals surface area contributed by atoms with Gasteiger partial charge in [0.1, 0.15) is 17.2 Å². The minimum absolute atomic E-state index is 0.0642. The van der Waals surface area contributed by atoms with E-state index in [1.807, 2.05) is 17.0 Å². The van der Waals surface area contributed by atoms with Gasteiger partial charge in [0.05, 0.1) is 33.2 Å². The van der Waals surface area contributed by atoms with Crippen LogP contribution in [-0.2, 0) is 4.79 Å². The molecule has 8 heteroatoms. The minimum atomic E-state index is -0.112. The highest BCUT2D eigenvalue weighted by Gasteiger charge is 2.32. The summed E-state index contributed by atoms with van der Waals surface area (Å²) in [7, 11) is 4.86. The third kappa shape index (κ3) is 4.69. The molecule has 2 amide bonds. The highest BCUT2D eigenvalue weighted by atomic mass is 16.5. The summed E-state index contributed by atoms with van der Waals surface area (Å²) in [5.74, 6) is 2.36. The second-order valence-electron chi connectivity index (χ2n) is 8.21. The number of ether oxygens (including phenoxy) is 3. The lowest BCUT2D eigenvalue weighted by molar-refractivity contribution is -0.136. The molecule has 0 bridgehead atoms. The molecule has 8 nitrogen and oxygen atoms in total. The average Bonchev–Trinajstić information content (AvgIpc) is 3.42. The molecule has 0 N–H and O–H groups in total. The molecule has 0 unspecified atom stereocenters. The lowest BCUT2D eigenvalue weighted by atomic mass is 9.93. The lowest BCUT2D eigenvalue weighted by Gasteiger charge is -2.35. The number of carbonyl (C=O) groups is 2. The maximum atomic E-state index is 13.1. The first-order valence-electron chi connectivity index (χ1n) is 11.2. The summed E-state index contributed by atoms with van der Waals surface area (Å²) in [6.45, 7) is 2.29. The zero-order valence-corrected chi connectivity index (χ0v) is 19.3. The summed E-state index contributed by atoms with van der Waals surface area (Å²) in [4.78, 5) is 29.3. The topological polar surface area (TPSA) is 81.5 Å². The van der Waals surface area contributed by atoms with Crippen molar-refractivity contribution in [3.8, 4) is 17.2 Å². The van der Waals surface area contributed by atoms with Crippen molar-refractivity contribution in [2.75, 3.05) is 47.5 Å². The molecule has 0 spiro atoms. The Hall–Kier alpha value is -3.42. The van der Waals surface area contributed by atoms with E-state index in [-0.39, 0.29) is 17.7 Å². The van der Waals surface area contributed by atoms with Crippen molar-refractivity contribution in [1.29, 1.82) is 0 Å². The van der Waals surface area contributed by atoms with Gasteiger partial charge in [0, 0.05) is 44.2 Å². The van der Waals surface area contributed by atoms with E-state index < -0.39 is 0 Å². The van der Waals surface area contributed by atoms with Crippen molar-refractivity contribution in [1.82, 2.24) is 9.80 Å². The van der Waals surface area contributed by atoms with Crippen LogP contribution in [0.3, 0.4) is 0 Å². The first-order valence-corrected chi connectivity index (χ1v) is 11.2. The van der Waals surface area contributed by atoms with Crippen molar-refractivity contribution in [3.05, 3.63) is 47.9 Å². The number of benzene rings is 1. The van der Waals surface area contributed by atoms with Gasteiger partial charge in [-0.2, -0.15) is 0 Å². The smallest absolute Gasteiger partial charge is 0.289 e. The summed E-state index contributed by atoms with van der Waals surface area (Å²) in [6.07, 6.45) is 5.61. The van der Waals surface area contributed by atoms with Crippen molar-refractivity contribution in [2.24, 2.45) is 5.92 Å². The zero-order chi connectivity index (χ0) is 23.4. The molecule has 2 aliphatic heterocycles. The second-order valence-corrected chi connectivity index (χ2v) is 8.21. The number of rotatable bonds is 6. The first-order chi connectivity index (χ1) is 16.0. The maximum Gasteiger partial charge on any atom is 0.289 e. The second kappa shape index (κ2) is 10.0. The Bertz CT molecular complexity index is 997. The van der Waals surface area contributed by atoms with E-state index >= 15 is 0 Å². The fraction of sp³-hybridized carbons (Fsp3) is 0.440. The number of likely N-dealkylation sites (tertiary alicyclic amines) is 1. The van der Waals surface area contributed by atoms with Crippen molar-refractivity contribution >= 4 is 17.4 Å². The van der Waals surface area contributed by atoms with E-state index in [0.717, 1.165) is 11.1 Å².